The predicted molar refractivity (Wildman–Crippen MR) is 87.4 cm³/mol. The van der Waals surface area contributed by atoms with Crippen molar-refractivity contribution in [1.29, 1.82) is 0 Å². The molecule has 0 unspecified atom stereocenters. The van der Waals surface area contributed by atoms with Gasteiger partial charge in [0.15, 0.2) is 5.96 Å². The molecule has 21 heavy (non-hydrogen) atoms. The molecule has 5 heteroatoms. The third-order valence-corrected chi connectivity index (χ3v) is 2.87. The fraction of sp³-hybridized carbons (Fsp3) is 0.500. The van der Waals surface area contributed by atoms with Gasteiger partial charge in [0.2, 0.25) is 5.91 Å². The summed E-state index contributed by atoms with van der Waals surface area (Å²) in [4.78, 5) is 15.3. The second kappa shape index (κ2) is 10.7. The number of carbonyl (C=O) groups excluding carboxylic acids is 1. The molecule has 116 valence electrons. The molecule has 0 aromatic heterocycles. The Hall–Kier alpha value is -2.04. The number of aryl methyl sites for hydroxylation is 1. The van der Waals surface area contributed by atoms with Gasteiger partial charge in [-0.05, 0) is 25.3 Å². The Morgan fingerprint density at radius 2 is 1.81 bits per heavy atom. The van der Waals surface area contributed by atoms with Crippen LogP contribution in [0.1, 0.15) is 25.8 Å². The van der Waals surface area contributed by atoms with Gasteiger partial charge in [0.05, 0.1) is 0 Å². The van der Waals surface area contributed by atoms with E-state index in [9.17, 15) is 4.79 Å². The molecule has 0 heterocycles. The van der Waals surface area contributed by atoms with Gasteiger partial charge in [-0.1, -0.05) is 30.3 Å². The summed E-state index contributed by atoms with van der Waals surface area (Å²) in [5.74, 6) is 0.789. The van der Waals surface area contributed by atoms with Crippen LogP contribution in [0.25, 0.3) is 0 Å². The van der Waals surface area contributed by atoms with E-state index in [0.29, 0.717) is 13.1 Å². The Bertz CT molecular complexity index is 431. The highest BCUT2D eigenvalue weighted by atomic mass is 16.1. The van der Waals surface area contributed by atoms with Gasteiger partial charge in [-0.25, -0.2) is 0 Å². The van der Waals surface area contributed by atoms with Crippen molar-refractivity contribution < 1.29 is 4.79 Å². The van der Waals surface area contributed by atoms with Crippen LogP contribution in [0.5, 0.6) is 0 Å². The van der Waals surface area contributed by atoms with Crippen LogP contribution >= 0.6 is 0 Å². The van der Waals surface area contributed by atoms with Gasteiger partial charge < -0.3 is 16.0 Å². The maximum Gasteiger partial charge on any atom is 0.216 e. The number of guanidine groups is 1. The van der Waals surface area contributed by atoms with Crippen molar-refractivity contribution in [2.24, 2.45) is 4.99 Å². The molecule has 1 rings (SSSR count). The summed E-state index contributed by atoms with van der Waals surface area (Å²) in [6.07, 6.45) is 2.06. The quantitative estimate of drug-likeness (QED) is 0.384. The van der Waals surface area contributed by atoms with Crippen LogP contribution in [0.2, 0.25) is 0 Å². The molecule has 1 aromatic rings. The van der Waals surface area contributed by atoms with Gasteiger partial charge in [-0.3, -0.25) is 9.79 Å². The van der Waals surface area contributed by atoms with Gasteiger partial charge >= 0.3 is 0 Å². The van der Waals surface area contributed by atoms with Crippen LogP contribution in [-0.2, 0) is 11.2 Å². The largest absolute Gasteiger partial charge is 0.357 e. The maximum atomic E-state index is 10.8. The highest BCUT2D eigenvalue weighted by molar-refractivity contribution is 5.79. The molecule has 0 atom stereocenters. The first kappa shape index (κ1) is 17.0. The number of carbonyl (C=O) groups is 1. The number of amides is 1. The zero-order chi connectivity index (χ0) is 15.3. The molecule has 0 saturated carbocycles. The van der Waals surface area contributed by atoms with E-state index in [-0.39, 0.29) is 5.91 Å². The van der Waals surface area contributed by atoms with Gasteiger partial charge in [0, 0.05) is 33.1 Å². The van der Waals surface area contributed by atoms with Gasteiger partial charge in [-0.15, -0.1) is 0 Å². The fourth-order valence-corrected chi connectivity index (χ4v) is 1.88. The molecule has 0 saturated heterocycles. The first-order valence-electron chi connectivity index (χ1n) is 7.53. The van der Waals surface area contributed by atoms with Crippen LogP contribution in [0.15, 0.2) is 35.3 Å². The molecule has 5 nitrogen and oxygen atoms in total. The Morgan fingerprint density at radius 1 is 1.10 bits per heavy atom. The van der Waals surface area contributed by atoms with Crippen LogP contribution < -0.4 is 16.0 Å². The highest BCUT2D eigenvalue weighted by Gasteiger charge is 1.97. The maximum absolute atomic E-state index is 10.8. The number of rotatable bonds is 8. The minimum atomic E-state index is -0.0124. The second-order valence-corrected chi connectivity index (χ2v) is 4.76. The molecular weight excluding hydrogens is 264 g/mol. The summed E-state index contributed by atoms with van der Waals surface area (Å²) in [5, 5.41) is 9.14. The van der Waals surface area contributed by atoms with E-state index in [1.807, 2.05) is 13.0 Å². The summed E-state index contributed by atoms with van der Waals surface area (Å²) >= 11 is 0. The Balaban J connectivity index is 2.25. The minimum Gasteiger partial charge on any atom is -0.357 e. The van der Waals surface area contributed by atoms with Crippen LogP contribution in [0.3, 0.4) is 0 Å². The van der Waals surface area contributed by atoms with Crippen molar-refractivity contribution in [3.8, 4) is 0 Å². The number of aliphatic imine (C=N–C) groups is 1. The zero-order valence-corrected chi connectivity index (χ0v) is 13.0. The van der Waals surface area contributed by atoms with E-state index in [2.05, 4.69) is 45.2 Å². The second-order valence-electron chi connectivity index (χ2n) is 4.76. The van der Waals surface area contributed by atoms with E-state index in [1.165, 1.54) is 12.5 Å². The molecular formula is C16H26N4O. The molecule has 1 amide bonds. The molecule has 0 bridgehead atoms. The molecule has 0 spiro atoms. The first-order chi connectivity index (χ1) is 10.2. The standard InChI is InChI=1S/C16H26N4O/c1-3-17-16(20-13-12-18-14(2)21)19-11-7-10-15-8-5-4-6-9-15/h4-6,8-9H,3,7,10-13H2,1-2H3,(H,18,21)(H2,17,19,20). The lowest BCUT2D eigenvalue weighted by Crippen LogP contribution is -2.41. The Morgan fingerprint density at radius 3 is 2.48 bits per heavy atom. The summed E-state index contributed by atoms with van der Waals surface area (Å²) in [6, 6.07) is 10.4. The van der Waals surface area contributed by atoms with Crippen LogP contribution in [-0.4, -0.2) is 38.0 Å². The summed E-state index contributed by atoms with van der Waals surface area (Å²) in [6.45, 7) is 6.43. The molecule has 0 radical (unpaired) electrons. The number of nitrogens with zero attached hydrogens (tertiary/aromatic N) is 1. The first-order valence-corrected chi connectivity index (χ1v) is 7.53. The SMILES string of the molecule is CCNC(=NCCCc1ccccc1)NCCNC(C)=O. The Kier molecular flexibility index (Phi) is 8.68. The summed E-state index contributed by atoms with van der Waals surface area (Å²) in [5.41, 5.74) is 1.34. The van der Waals surface area contributed by atoms with Crippen molar-refractivity contribution in [3.63, 3.8) is 0 Å². The van der Waals surface area contributed by atoms with Crippen molar-refractivity contribution in [2.75, 3.05) is 26.2 Å². The normalized spacial score (nSPS) is 11.0. The molecule has 0 aliphatic carbocycles. The summed E-state index contributed by atoms with van der Waals surface area (Å²) in [7, 11) is 0. The average Bonchev–Trinajstić information content (AvgIpc) is 2.48. The molecule has 0 aliphatic rings. The molecule has 3 N–H and O–H groups in total. The lowest BCUT2D eigenvalue weighted by Gasteiger charge is -2.11. The third kappa shape index (κ3) is 8.68. The summed E-state index contributed by atoms with van der Waals surface area (Å²) < 4.78 is 0. The van der Waals surface area contributed by atoms with Crippen LogP contribution in [0, 0.1) is 0 Å². The van der Waals surface area contributed by atoms with Gasteiger partial charge in [0.1, 0.15) is 0 Å². The van der Waals surface area contributed by atoms with Crippen molar-refractivity contribution in [3.05, 3.63) is 35.9 Å². The third-order valence-electron chi connectivity index (χ3n) is 2.87. The van der Waals surface area contributed by atoms with Gasteiger partial charge in [-0.2, -0.15) is 0 Å². The number of hydrogen-bond acceptors (Lipinski definition) is 2. The molecule has 0 fully saturated rings. The van der Waals surface area contributed by atoms with Crippen molar-refractivity contribution >= 4 is 11.9 Å². The van der Waals surface area contributed by atoms with Crippen molar-refractivity contribution in [1.82, 2.24) is 16.0 Å². The fourth-order valence-electron chi connectivity index (χ4n) is 1.88. The van der Waals surface area contributed by atoms with E-state index >= 15 is 0 Å². The van der Waals surface area contributed by atoms with Crippen LogP contribution in [0.4, 0.5) is 0 Å². The molecule has 0 aliphatic heterocycles. The lowest BCUT2D eigenvalue weighted by atomic mass is 10.1. The molecule has 1 aromatic carbocycles. The number of nitrogens with one attached hydrogen (secondary N) is 3. The lowest BCUT2D eigenvalue weighted by molar-refractivity contribution is -0.118. The number of benzene rings is 1. The average molecular weight is 290 g/mol. The zero-order valence-electron chi connectivity index (χ0n) is 13.0. The van der Waals surface area contributed by atoms with E-state index in [4.69, 9.17) is 0 Å². The van der Waals surface area contributed by atoms with E-state index < -0.39 is 0 Å². The minimum absolute atomic E-state index is 0.0124. The van der Waals surface area contributed by atoms with Gasteiger partial charge in [0.25, 0.3) is 0 Å². The predicted octanol–water partition coefficient (Wildman–Crippen LogP) is 1.31. The Labute approximate surface area is 127 Å². The van der Waals surface area contributed by atoms with Crippen molar-refractivity contribution in [2.45, 2.75) is 26.7 Å². The number of hydrogen-bond donors (Lipinski definition) is 3. The van der Waals surface area contributed by atoms with E-state index in [1.54, 1.807) is 0 Å². The smallest absolute Gasteiger partial charge is 0.216 e. The topological polar surface area (TPSA) is 65.5 Å². The highest BCUT2D eigenvalue weighted by Crippen LogP contribution is 2.02. The van der Waals surface area contributed by atoms with E-state index in [0.717, 1.165) is 31.9 Å². The monoisotopic (exact) mass is 290 g/mol.